The van der Waals surface area contributed by atoms with Crippen LogP contribution in [0, 0.1) is 0 Å². The van der Waals surface area contributed by atoms with E-state index in [1.807, 2.05) is 24.3 Å². The van der Waals surface area contributed by atoms with E-state index in [4.69, 9.17) is 21.1 Å². The van der Waals surface area contributed by atoms with Crippen molar-refractivity contribution in [2.24, 2.45) is 0 Å². The second-order valence-corrected chi connectivity index (χ2v) is 7.39. The number of carbonyl (C=O) groups is 2. The Balaban J connectivity index is 1.58. The summed E-state index contributed by atoms with van der Waals surface area (Å²) in [5, 5.41) is 6.02. The van der Waals surface area contributed by atoms with Crippen LogP contribution < -0.4 is 15.4 Å². The van der Waals surface area contributed by atoms with Crippen LogP contribution in [-0.2, 0) is 20.9 Å². The number of rotatable bonds is 7. The third-order valence-corrected chi connectivity index (χ3v) is 5.27. The molecule has 0 aromatic heterocycles. The summed E-state index contributed by atoms with van der Waals surface area (Å²) in [6.45, 7) is 3.38. The van der Waals surface area contributed by atoms with Crippen molar-refractivity contribution in [3.05, 3.63) is 64.7 Å². The summed E-state index contributed by atoms with van der Waals surface area (Å²) in [6, 6.07) is 14.8. The number of amides is 2. The standard InChI is InChI=1S/C22H26ClN3O4/c1-29-19-8-4-17(5-9-19)20(26-10-12-30-13-11-26)15-25-22(28)21(27)24-14-16-2-6-18(23)7-3-16/h2-9,20H,10-15H2,1H3,(H,24,27)(H,25,28). The summed E-state index contributed by atoms with van der Waals surface area (Å²) >= 11 is 5.86. The average Bonchev–Trinajstić information content (AvgIpc) is 2.79. The van der Waals surface area contributed by atoms with Gasteiger partial charge in [0.15, 0.2) is 0 Å². The van der Waals surface area contributed by atoms with Gasteiger partial charge in [-0.25, -0.2) is 0 Å². The molecule has 1 aliphatic heterocycles. The van der Waals surface area contributed by atoms with Crippen LogP contribution in [-0.4, -0.2) is 56.7 Å². The number of ether oxygens (including phenoxy) is 2. The number of carbonyl (C=O) groups excluding carboxylic acids is 2. The first-order valence-corrected chi connectivity index (χ1v) is 10.2. The van der Waals surface area contributed by atoms with E-state index in [9.17, 15) is 9.59 Å². The van der Waals surface area contributed by atoms with E-state index >= 15 is 0 Å². The van der Waals surface area contributed by atoms with Crippen LogP contribution in [0.4, 0.5) is 0 Å². The van der Waals surface area contributed by atoms with Crippen LogP contribution >= 0.6 is 11.6 Å². The Kier molecular flexibility index (Phi) is 8.07. The Morgan fingerprint density at radius 1 is 1.03 bits per heavy atom. The lowest BCUT2D eigenvalue weighted by atomic mass is 10.0. The lowest BCUT2D eigenvalue weighted by Gasteiger charge is -2.34. The number of morpholine rings is 1. The van der Waals surface area contributed by atoms with Gasteiger partial charge in [0.1, 0.15) is 5.75 Å². The van der Waals surface area contributed by atoms with Crippen LogP contribution in [0.5, 0.6) is 5.75 Å². The highest BCUT2D eigenvalue weighted by molar-refractivity contribution is 6.35. The zero-order valence-electron chi connectivity index (χ0n) is 16.9. The molecule has 2 amide bonds. The molecule has 30 heavy (non-hydrogen) atoms. The second kappa shape index (κ2) is 11.0. The van der Waals surface area contributed by atoms with E-state index in [1.54, 1.807) is 31.4 Å². The van der Waals surface area contributed by atoms with E-state index < -0.39 is 11.8 Å². The molecular weight excluding hydrogens is 406 g/mol. The van der Waals surface area contributed by atoms with Gasteiger partial charge < -0.3 is 20.1 Å². The zero-order chi connectivity index (χ0) is 21.3. The fourth-order valence-corrected chi connectivity index (χ4v) is 3.43. The quantitative estimate of drug-likeness (QED) is 0.657. The molecule has 2 N–H and O–H groups in total. The molecule has 0 radical (unpaired) electrons. The maximum Gasteiger partial charge on any atom is 0.309 e. The maximum atomic E-state index is 12.3. The summed E-state index contributed by atoms with van der Waals surface area (Å²) in [7, 11) is 1.62. The lowest BCUT2D eigenvalue weighted by Crippen LogP contribution is -2.46. The Labute approximate surface area is 181 Å². The van der Waals surface area contributed by atoms with Crippen molar-refractivity contribution in [2.45, 2.75) is 12.6 Å². The monoisotopic (exact) mass is 431 g/mol. The van der Waals surface area contributed by atoms with Gasteiger partial charge in [0.2, 0.25) is 0 Å². The highest BCUT2D eigenvalue weighted by atomic mass is 35.5. The van der Waals surface area contributed by atoms with Gasteiger partial charge in [-0.1, -0.05) is 35.9 Å². The molecule has 1 saturated heterocycles. The predicted octanol–water partition coefficient (Wildman–Crippen LogP) is 2.15. The molecular formula is C22H26ClN3O4. The topological polar surface area (TPSA) is 79.9 Å². The minimum absolute atomic E-state index is 0.0622. The van der Waals surface area contributed by atoms with Gasteiger partial charge in [-0.05, 0) is 35.4 Å². The molecule has 1 heterocycles. The van der Waals surface area contributed by atoms with Crippen LogP contribution in [0.25, 0.3) is 0 Å². The highest BCUT2D eigenvalue weighted by Gasteiger charge is 2.24. The molecule has 1 aliphatic rings. The largest absolute Gasteiger partial charge is 0.497 e. The maximum absolute atomic E-state index is 12.3. The number of hydrogen-bond donors (Lipinski definition) is 2. The van der Waals surface area contributed by atoms with Gasteiger partial charge in [0.25, 0.3) is 0 Å². The third kappa shape index (κ3) is 6.19. The van der Waals surface area contributed by atoms with E-state index in [1.165, 1.54) is 0 Å². The molecule has 1 unspecified atom stereocenters. The van der Waals surface area contributed by atoms with Gasteiger partial charge >= 0.3 is 11.8 Å². The van der Waals surface area contributed by atoms with Crippen LogP contribution in [0.1, 0.15) is 17.2 Å². The zero-order valence-corrected chi connectivity index (χ0v) is 17.7. The van der Waals surface area contributed by atoms with E-state index in [0.29, 0.717) is 24.8 Å². The molecule has 160 valence electrons. The number of nitrogens with zero attached hydrogens (tertiary/aromatic N) is 1. The Morgan fingerprint density at radius 2 is 1.67 bits per heavy atom. The van der Waals surface area contributed by atoms with Crippen LogP contribution in [0.15, 0.2) is 48.5 Å². The smallest absolute Gasteiger partial charge is 0.309 e. The summed E-state index contributed by atoms with van der Waals surface area (Å²) in [6.07, 6.45) is 0. The van der Waals surface area contributed by atoms with E-state index in [2.05, 4.69) is 15.5 Å². The fourth-order valence-electron chi connectivity index (χ4n) is 3.31. The number of benzene rings is 2. The van der Waals surface area contributed by atoms with Crippen molar-refractivity contribution in [3.63, 3.8) is 0 Å². The predicted molar refractivity (Wildman–Crippen MR) is 114 cm³/mol. The van der Waals surface area contributed by atoms with Crippen LogP contribution in [0.3, 0.4) is 0 Å². The molecule has 7 nitrogen and oxygen atoms in total. The first-order valence-electron chi connectivity index (χ1n) is 9.83. The first-order chi connectivity index (χ1) is 14.6. The molecule has 3 rings (SSSR count). The van der Waals surface area contributed by atoms with Crippen molar-refractivity contribution < 1.29 is 19.1 Å². The molecule has 0 spiro atoms. The minimum atomic E-state index is -0.666. The highest BCUT2D eigenvalue weighted by Crippen LogP contribution is 2.23. The van der Waals surface area contributed by atoms with Gasteiger partial charge in [0, 0.05) is 31.2 Å². The second-order valence-electron chi connectivity index (χ2n) is 6.96. The van der Waals surface area contributed by atoms with Gasteiger partial charge in [-0.15, -0.1) is 0 Å². The van der Waals surface area contributed by atoms with E-state index in [-0.39, 0.29) is 12.6 Å². The van der Waals surface area contributed by atoms with Crippen molar-refractivity contribution >= 4 is 23.4 Å². The number of hydrogen-bond acceptors (Lipinski definition) is 5. The van der Waals surface area contributed by atoms with Gasteiger partial charge in [0.05, 0.1) is 26.4 Å². The average molecular weight is 432 g/mol. The number of nitrogens with one attached hydrogen (secondary N) is 2. The number of methoxy groups -OCH3 is 1. The summed E-state index contributed by atoms with van der Waals surface area (Å²) in [4.78, 5) is 26.8. The normalized spacial score (nSPS) is 15.3. The number of halogens is 1. The minimum Gasteiger partial charge on any atom is -0.497 e. The fraction of sp³-hybridized carbons (Fsp3) is 0.364. The Morgan fingerprint density at radius 3 is 2.30 bits per heavy atom. The lowest BCUT2D eigenvalue weighted by molar-refractivity contribution is -0.139. The van der Waals surface area contributed by atoms with Crippen molar-refractivity contribution in [3.8, 4) is 5.75 Å². The van der Waals surface area contributed by atoms with Gasteiger partial charge in [-0.3, -0.25) is 14.5 Å². The summed E-state index contributed by atoms with van der Waals surface area (Å²) in [5.74, 6) is -0.554. The molecule has 8 heteroatoms. The van der Waals surface area contributed by atoms with Crippen molar-refractivity contribution in [1.29, 1.82) is 0 Å². The first kappa shape index (κ1) is 22.1. The van der Waals surface area contributed by atoms with Crippen molar-refractivity contribution in [1.82, 2.24) is 15.5 Å². The van der Waals surface area contributed by atoms with Gasteiger partial charge in [-0.2, -0.15) is 0 Å². The van der Waals surface area contributed by atoms with Crippen molar-refractivity contribution in [2.75, 3.05) is 40.0 Å². The molecule has 0 bridgehead atoms. The molecule has 0 aliphatic carbocycles. The summed E-state index contributed by atoms with van der Waals surface area (Å²) < 4.78 is 10.7. The molecule has 2 aromatic carbocycles. The Bertz CT molecular complexity index is 836. The molecule has 0 saturated carbocycles. The Hall–Kier alpha value is -2.61. The van der Waals surface area contributed by atoms with E-state index in [0.717, 1.165) is 30.0 Å². The summed E-state index contributed by atoms with van der Waals surface area (Å²) in [5.41, 5.74) is 1.91. The third-order valence-electron chi connectivity index (χ3n) is 5.02. The molecule has 2 aromatic rings. The van der Waals surface area contributed by atoms with Crippen LogP contribution in [0.2, 0.25) is 5.02 Å². The molecule has 1 atom stereocenters. The SMILES string of the molecule is COc1ccc(C(CNC(=O)C(=O)NCc2ccc(Cl)cc2)N2CCOCC2)cc1. The molecule has 1 fully saturated rings.